The molecule has 21 heavy (non-hydrogen) atoms. The van der Waals surface area contributed by atoms with Crippen LogP contribution in [0.15, 0.2) is 42.7 Å². The lowest BCUT2D eigenvalue weighted by Crippen LogP contribution is -2.22. The van der Waals surface area contributed by atoms with Gasteiger partial charge in [-0.25, -0.2) is 0 Å². The maximum atomic E-state index is 6.22. The average Bonchev–Trinajstić information content (AvgIpc) is 2.47. The molecule has 2 rings (SSSR count). The van der Waals surface area contributed by atoms with Crippen molar-refractivity contribution in [1.82, 2.24) is 4.98 Å². The number of aromatic nitrogens is 1. The van der Waals surface area contributed by atoms with Crippen LogP contribution in [0.5, 0.6) is 5.75 Å². The van der Waals surface area contributed by atoms with Crippen LogP contribution in [0.25, 0.3) is 0 Å². The summed E-state index contributed by atoms with van der Waals surface area (Å²) in [6.45, 7) is 4.89. The maximum absolute atomic E-state index is 6.22. The zero-order valence-electron chi connectivity index (χ0n) is 12.9. The van der Waals surface area contributed by atoms with Gasteiger partial charge in [-0.3, -0.25) is 4.98 Å². The van der Waals surface area contributed by atoms with Crippen molar-refractivity contribution in [1.29, 1.82) is 0 Å². The van der Waals surface area contributed by atoms with Gasteiger partial charge in [0.25, 0.3) is 0 Å². The summed E-state index contributed by atoms with van der Waals surface area (Å²) in [6.07, 6.45) is 4.71. The number of nitrogen functional groups attached to an aromatic ring is 1. The molecule has 1 aromatic carbocycles. The van der Waals surface area contributed by atoms with Crippen LogP contribution < -0.4 is 15.4 Å². The van der Waals surface area contributed by atoms with Gasteiger partial charge >= 0.3 is 0 Å². The first kappa shape index (κ1) is 15.2. The first-order valence-electron chi connectivity index (χ1n) is 7.23. The lowest BCUT2D eigenvalue weighted by atomic mass is 10.1. The molecule has 1 aromatic heterocycles. The minimum Gasteiger partial charge on any atom is -0.489 e. The molecule has 0 unspecified atom stereocenters. The fourth-order valence-electron chi connectivity index (χ4n) is 2.19. The van der Waals surface area contributed by atoms with Crippen molar-refractivity contribution in [2.24, 2.45) is 0 Å². The Morgan fingerprint density at radius 2 is 1.90 bits per heavy atom. The highest BCUT2D eigenvalue weighted by Crippen LogP contribution is 2.32. The van der Waals surface area contributed by atoms with Crippen LogP contribution in [0.1, 0.15) is 19.4 Å². The smallest absolute Gasteiger partial charge is 0.144 e. The Bertz CT molecular complexity index is 570. The second-order valence-corrected chi connectivity index (χ2v) is 5.38. The van der Waals surface area contributed by atoms with Gasteiger partial charge < -0.3 is 15.4 Å². The molecule has 112 valence electrons. The van der Waals surface area contributed by atoms with Crippen LogP contribution in [0.4, 0.5) is 11.4 Å². The largest absolute Gasteiger partial charge is 0.489 e. The molecule has 0 fully saturated rings. The van der Waals surface area contributed by atoms with Gasteiger partial charge in [-0.2, -0.15) is 0 Å². The van der Waals surface area contributed by atoms with E-state index in [1.807, 2.05) is 63.6 Å². The number of anilines is 2. The minimum atomic E-state index is 0.115. The Morgan fingerprint density at radius 3 is 2.57 bits per heavy atom. The molecule has 2 aromatic rings. The molecule has 0 saturated carbocycles. The van der Waals surface area contributed by atoms with Crippen molar-refractivity contribution in [2.75, 3.05) is 24.2 Å². The van der Waals surface area contributed by atoms with Gasteiger partial charge in [0.2, 0.25) is 0 Å². The lowest BCUT2D eigenvalue weighted by Gasteiger charge is -2.23. The molecule has 0 aliphatic heterocycles. The number of ether oxygens (including phenoxy) is 1. The molecule has 2 N–H and O–H groups in total. The van der Waals surface area contributed by atoms with Crippen LogP contribution in [-0.2, 0) is 6.42 Å². The highest BCUT2D eigenvalue weighted by Gasteiger charge is 2.11. The van der Waals surface area contributed by atoms with Gasteiger partial charge in [-0.05, 0) is 50.1 Å². The van der Waals surface area contributed by atoms with Crippen molar-refractivity contribution in [3.63, 3.8) is 0 Å². The van der Waals surface area contributed by atoms with Gasteiger partial charge in [0, 0.05) is 26.0 Å². The molecule has 0 bridgehead atoms. The summed E-state index contributed by atoms with van der Waals surface area (Å²) in [4.78, 5) is 6.19. The number of likely N-dealkylation sites (N-methyl/N-ethyl adjacent to an activating group) is 1. The summed E-state index contributed by atoms with van der Waals surface area (Å²) in [7, 11) is 2.05. The average molecular weight is 285 g/mol. The maximum Gasteiger partial charge on any atom is 0.144 e. The number of hydrogen-bond donors (Lipinski definition) is 1. The number of pyridine rings is 1. The van der Waals surface area contributed by atoms with E-state index in [1.54, 1.807) is 0 Å². The molecule has 0 atom stereocenters. The lowest BCUT2D eigenvalue weighted by molar-refractivity contribution is 0.244. The Hall–Kier alpha value is -2.23. The number of rotatable bonds is 6. The summed E-state index contributed by atoms with van der Waals surface area (Å²) in [5.41, 5.74) is 9.19. The van der Waals surface area contributed by atoms with Crippen molar-refractivity contribution in [3.8, 4) is 5.75 Å². The SMILES string of the molecule is CC(C)Oc1cccc(N(C)CCc2ccncc2)c1N. The second-order valence-electron chi connectivity index (χ2n) is 5.38. The van der Waals surface area contributed by atoms with Gasteiger partial charge in [0.15, 0.2) is 0 Å². The fourth-order valence-corrected chi connectivity index (χ4v) is 2.19. The van der Waals surface area contributed by atoms with Crippen molar-refractivity contribution < 1.29 is 4.74 Å². The third-order valence-corrected chi connectivity index (χ3v) is 3.30. The normalized spacial score (nSPS) is 10.7. The van der Waals surface area contributed by atoms with Crippen molar-refractivity contribution in [2.45, 2.75) is 26.4 Å². The predicted molar refractivity (Wildman–Crippen MR) is 87.8 cm³/mol. The molecule has 0 saturated heterocycles. The second kappa shape index (κ2) is 6.97. The van der Waals surface area contributed by atoms with Crippen molar-refractivity contribution >= 4 is 11.4 Å². The fraction of sp³-hybridized carbons (Fsp3) is 0.353. The summed E-state index contributed by atoms with van der Waals surface area (Å²) in [5, 5.41) is 0. The number of benzene rings is 1. The Labute approximate surface area is 126 Å². The third-order valence-electron chi connectivity index (χ3n) is 3.30. The summed E-state index contributed by atoms with van der Waals surface area (Å²) in [5.74, 6) is 0.748. The highest BCUT2D eigenvalue weighted by atomic mass is 16.5. The summed E-state index contributed by atoms with van der Waals surface area (Å²) in [6, 6.07) is 9.99. The molecule has 4 heteroatoms. The van der Waals surface area contributed by atoms with Crippen LogP contribution in [0.2, 0.25) is 0 Å². The standard InChI is InChI=1S/C17H23N3O/c1-13(2)21-16-6-4-5-15(17(16)18)20(3)12-9-14-7-10-19-11-8-14/h4-8,10-11,13H,9,12,18H2,1-3H3. The molecule has 0 spiro atoms. The van der Waals surface area contributed by atoms with E-state index in [9.17, 15) is 0 Å². The minimum absolute atomic E-state index is 0.115. The molecular formula is C17H23N3O. The monoisotopic (exact) mass is 285 g/mol. The zero-order chi connectivity index (χ0) is 15.2. The Balaban J connectivity index is 2.06. The number of para-hydroxylation sites is 1. The third kappa shape index (κ3) is 4.12. The first-order valence-corrected chi connectivity index (χ1v) is 7.23. The number of nitrogens with two attached hydrogens (primary N) is 1. The summed E-state index contributed by atoms with van der Waals surface area (Å²) >= 11 is 0. The first-order chi connectivity index (χ1) is 10.1. The van der Waals surface area contributed by atoms with Gasteiger partial charge in [0.05, 0.1) is 17.5 Å². The number of hydrogen-bond acceptors (Lipinski definition) is 4. The molecular weight excluding hydrogens is 262 g/mol. The molecule has 0 radical (unpaired) electrons. The van der Waals surface area contributed by atoms with E-state index in [1.165, 1.54) is 5.56 Å². The highest BCUT2D eigenvalue weighted by molar-refractivity contribution is 5.73. The van der Waals surface area contributed by atoms with Gasteiger partial charge in [-0.15, -0.1) is 0 Å². The van der Waals surface area contributed by atoms with Crippen molar-refractivity contribution in [3.05, 3.63) is 48.3 Å². The quantitative estimate of drug-likeness (QED) is 0.828. The molecule has 1 heterocycles. The zero-order valence-corrected chi connectivity index (χ0v) is 12.9. The molecule has 4 nitrogen and oxygen atoms in total. The van der Waals surface area contributed by atoms with Crippen LogP contribution in [0.3, 0.4) is 0 Å². The van der Waals surface area contributed by atoms with Crippen LogP contribution in [0, 0.1) is 0 Å². The Kier molecular flexibility index (Phi) is 5.04. The van der Waals surface area contributed by atoms with E-state index in [4.69, 9.17) is 10.5 Å². The topological polar surface area (TPSA) is 51.4 Å². The van der Waals surface area contributed by atoms with Crippen LogP contribution in [-0.4, -0.2) is 24.7 Å². The van der Waals surface area contributed by atoms with E-state index < -0.39 is 0 Å². The molecule has 0 amide bonds. The molecule has 0 aliphatic rings. The van der Waals surface area contributed by atoms with Gasteiger partial charge in [0.1, 0.15) is 5.75 Å². The Morgan fingerprint density at radius 1 is 1.19 bits per heavy atom. The summed E-state index contributed by atoms with van der Waals surface area (Å²) < 4.78 is 5.74. The van der Waals surface area contributed by atoms with E-state index >= 15 is 0 Å². The van der Waals surface area contributed by atoms with E-state index in [0.717, 1.165) is 24.4 Å². The van der Waals surface area contributed by atoms with Crippen LogP contribution >= 0.6 is 0 Å². The van der Waals surface area contributed by atoms with E-state index in [0.29, 0.717) is 5.69 Å². The predicted octanol–water partition coefficient (Wildman–Crippen LogP) is 3.13. The van der Waals surface area contributed by atoms with Gasteiger partial charge in [-0.1, -0.05) is 6.07 Å². The number of nitrogens with zero attached hydrogens (tertiary/aromatic N) is 2. The molecule has 0 aliphatic carbocycles. The van der Waals surface area contributed by atoms with E-state index in [2.05, 4.69) is 9.88 Å². The van der Waals surface area contributed by atoms with E-state index in [-0.39, 0.29) is 6.10 Å².